The zero-order valence-corrected chi connectivity index (χ0v) is 15.8. The molecule has 8 heteroatoms. The maximum Gasteiger partial charge on any atom is 0.251 e. The van der Waals surface area contributed by atoms with Crippen LogP contribution in [0.2, 0.25) is 0 Å². The van der Waals surface area contributed by atoms with Gasteiger partial charge in [0.2, 0.25) is 11.8 Å². The summed E-state index contributed by atoms with van der Waals surface area (Å²) < 4.78 is 25.2. The van der Waals surface area contributed by atoms with Crippen molar-refractivity contribution < 1.29 is 18.3 Å². The number of hydrogen-bond acceptors (Lipinski definition) is 6. The summed E-state index contributed by atoms with van der Waals surface area (Å²) in [5.74, 6) is 0.782. The second-order valence-corrected chi connectivity index (χ2v) is 7.18. The number of nitrogens with two attached hydrogens (primary N) is 1. The van der Waals surface area contributed by atoms with Crippen LogP contribution in [0.5, 0.6) is 5.75 Å². The highest BCUT2D eigenvalue weighted by Crippen LogP contribution is 2.32. The van der Waals surface area contributed by atoms with E-state index in [-0.39, 0.29) is 23.8 Å². The molecule has 27 heavy (non-hydrogen) atoms. The lowest BCUT2D eigenvalue weighted by Crippen LogP contribution is -2.50. The van der Waals surface area contributed by atoms with Crippen molar-refractivity contribution in [3.63, 3.8) is 0 Å². The quantitative estimate of drug-likeness (QED) is 0.862. The first-order valence-electron chi connectivity index (χ1n) is 9.16. The number of rotatable bonds is 5. The summed E-state index contributed by atoms with van der Waals surface area (Å²) in [5, 5.41) is 7.74. The lowest BCUT2D eigenvalue weighted by atomic mass is 10.0. The predicted octanol–water partition coefficient (Wildman–Crippen LogP) is 2.54. The van der Waals surface area contributed by atoms with E-state index in [0.717, 1.165) is 0 Å². The summed E-state index contributed by atoms with van der Waals surface area (Å²) in [6, 6.07) is 3.74. The van der Waals surface area contributed by atoms with E-state index in [1.54, 1.807) is 17.9 Å². The highest BCUT2D eigenvalue weighted by molar-refractivity contribution is 5.82. The Morgan fingerprint density at radius 3 is 2.63 bits per heavy atom. The summed E-state index contributed by atoms with van der Waals surface area (Å²) in [7, 11) is 0. The Hall–Kier alpha value is -2.48. The summed E-state index contributed by atoms with van der Waals surface area (Å²) in [6.07, 6.45) is 1.27. The van der Waals surface area contributed by atoms with Crippen LogP contribution in [-0.4, -0.2) is 46.2 Å². The van der Waals surface area contributed by atoms with Gasteiger partial charge in [-0.2, -0.15) is 0 Å². The van der Waals surface area contributed by atoms with Crippen LogP contribution in [0.15, 0.2) is 22.6 Å². The Morgan fingerprint density at radius 1 is 1.33 bits per heavy atom. The van der Waals surface area contributed by atoms with E-state index in [9.17, 15) is 9.18 Å². The Morgan fingerprint density at radius 2 is 2.04 bits per heavy atom. The molecule has 2 heterocycles. The molecule has 1 aromatic carbocycles. The number of benzene rings is 1. The average molecular weight is 376 g/mol. The lowest BCUT2D eigenvalue weighted by Gasteiger charge is -2.34. The molecule has 1 aliphatic rings. The molecule has 146 valence electrons. The van der Waals surface area contributed by atoms with Crippen molar-refractivity contribution in [3.8, 4) is 17.2 Å². The van der Waals surface area contributed by atoms with Crippen LogP contribution in [0.1, 0.15) is 32.6 Å². The molecule has 0 saturated carbocycles. The van der Waals surface area contributed by atoms with Crippen molar-refractivity contribution in [2.24, 2.45) is 11.7 Å². The Kier molecular flexibility index (Phi) is 5.74. The molecule has 3 rings (SSSR count). The van der Waals surface area contributed by atoms with E-state index < -0.39 is 11.9 Å². The normalized spacial score (nSPS) is 16.6. The predicted molar refractivity (Wildman–Crippen MR) is 97.5 cm³/mol. The van der Waals surface area contributed by atoms with Crippen LogP contribution in [-0.2, 0) is 4.79 Å². The van der Waals surface area contributed by atoms with Gasteiger partial charge in [0.05, 0.1) is 11.6 Å². The fraction of sp³-hybridized carbons (Fsp3) is 0.526. The smallest absolute Gasteiger partial charge is 0.251 e. The number of likely N-dealkylation sites (tertiary alicyclic amines) is 1. The van der Waals surface area contributed by atoms with Crippen LogP contribution in [0.4, 0.5) is 4.39 Å². The number of amides is 1. The Balaban J connectivity index is 1.67. The second-order valence-electron chi connectivity index (χ2n) is 7.18. The number of carbonyl (C=O) groups excluding carboxylic acids is 1. The Bertz CT molecular complexity index is 800. The molecule has 0 radical (unpaired) electrons. The molecule has 1 aliphatic heterocycles. The number of carbonyl (C=O) groups is 1. The van der Waals surface area contributed by atoms with E-state index in [0.29, 0.717) is 43.1 Å². The molecule has 1 amide bonds. The number of hydrogen-bond donors (Lipinski definition) is 1. The number of nitrogens with zero attached hydrogens (tertiary/aromatic N) is 3. The Labute approximate surface area is 157 Å². The van der Waals surface area contributed by atoms with Crippen molar-refractivity contribution in [1.82, 2.24) is 15.1 Å². The van der Waals surface area contributed by atoms with Crippen LogP contribution >= 0.6 is 0 Å². The molecular weight excluding hydrogens is 351 g/mol. The minimum atomic E-state index is -0.480. The molecule has 1 atom stereocenters. The van der Waals surface area contributed by atoms with E-state index >= 15 is 0 Å². The van der Waals surface area contributed by atoms with Gasteiger partial charge in [0.15, 0.2) is 0 Å². The van der Waals surface area contributed by atoms with E-state index in [1.807, 2.05) is 13.8 Å². The van der Waals surface area contributed by atoms with E-state index in [1.165, 1.54) is 12.1 Å². The first-order valence-corrected chi connectivity index (χ1v) is 9.16. The molecular formula is C19H25FN4O3. The van der Waals surface area contributed by atoms with E-state index in [2.05, 4.69) is 10.2 Å². The van der Waals surface area contributed by atoms with E-state index in [4.69, 9.17) is 14.9 Å². The zero-order chi connectivity index (χ0) is 19.6. The largest absolute Gasteiger partial charge is 0.489 e. The summed E-state index contributed by atoms with van der Waals surface area (Å²) in [6.45, 7) is 6.71. The van der Waals surface area contributed by atoms with Crippen molar-refractivity contribution in [1.29, 1.82) is 0 Å². The SMILES string of the molecule is Cc1nnc(-c2cc(F)ccc2OC2CCN(C(=O)[C@@H](N)C(C)C)CC2)o1. The maximum atomic E-state index is 13.7. The third kappa shape index (κ3) is 4.44. The monoisotopic (exact) mass is 376 g/mol. The van der Waals surface area contributed by atoms with Gasteiger partial charge in [0.1, 0.15) is 17.7 Å². The topological polar surface area (TPSA) is 94.5 Å². The van der Waals surface area contributed by atoms with Gasteiger partial charge >= 0.3 is 0 Å². The molecule has 0 aliphatic carbocycles. The first kappa shape index (κ1) is 19.3. The van der Waals surface area contributed by atoms with Crippen LogP contribution in [0.3, 0.4) is 0 Å². The molecule has 0 bridgehead atoms. The third-order valence-corrected chi connectivity index (χ3v) is 4.75. The molecule has 2 N–H and O–H groups in total. The summed E-state index contributed by atoms with van der Waals surface area (Å²) >= 11 is 0. The summed E-state index contributed by atoms with van der Waals surface area (Å²) in [4.78, 5) is 14.2. The second kappa shape index (κ2) is 8.04. The number of ether oxygens (including phenoxy) is 1. The number of piperidine rings is 1. The molecule has 1 saturated heterocycles. The highest BCUT2D eigenvalue weighted by Gasteiger charge is 2.29. The van der Waals surface area contributed by atoms with Gasteiger partial charge in [-0.05, 0) is 24.1 Å². The molecule has 0 unspecified atom stereocenters. The van der Waals surface area contributed by atoms with Crippen LogP contribution in [0, 0.1) is 18.7 Å². The van der Waals surface area contributed by atoms with Gasteiger partial charge in [-0.1, -0.05) is 13.8 Å². The molecule has 2 aromatic rings. The number of halogens is 1. The van der Waals surface area contributed by atoms with Crippen molar-refractivity contribution in [2.45, 2.75) is 45.8 Å². The first-order chi connectivity index (χ1) is 12.8. The zero-order valence-electron chi connectivity index (χ0n) is 15.8. The van der Waals surface area contributed by atoms with Gasteiger partial charge in [0, 0.05) is 32.9 Å². The average Bonchev–Trinajstić information content (AvgIpc) is 3.08. The fourth-order valence-corrected chi connectivity index (χ4v) is 3.05. The van der Waals surface area contributed by atoms with Gasteiger partial charge in [-0.25, -0.2) is 4.39 Å². The third-order valence-electron chi connectivity index (χ3n) is 4.75. The van der Waals surface area contributed by atoms with Gasteiger partial charge in [-0.15, -0.1) is 10.2 Å². The number of aryl methyl sites for hydroxylation is 1. The molecule has 0 spiro atoms. The molecule has 7 nitrogen and oxygen atoms in total. The van der Waals surface area contributed by atoms with Crippen LogP contribution < -0.4 is 10.5 Å². The fourth-order valence-electron chi connectivity index (χ4n) is 3.05. The minimum Gasteiger partial charge on any atom is -0.489 e. The van der Waals surface area contributed by atoms with Crippen molar-refractivity contribution in [2.75, 3.05) is 13.1 Å². The van der Waals surface area contributed by atoms with Gasteiger partial charge in [0.25, 0.3) is 5.89 Å². The molecule has 1 fully saturated rings. The van der Waals surface area contributed by atoms with Gasteiger partial charge < -0.3 is 19.8 Å². The van der Waals surface area contributed by atoms with Gasteiger partial charge in [-0.3, -0.25) is 4.79 Å². The maximum absolute atomic E-state index is 13.7. The summed E-state index contributed by atoms with van der Waals surface area (Å²) in [5.41, 5.74) is 6.39. The van der Waals surface area contributed by atoms with Crippen molar-refractivity contribution >= 4 is 5.91 Å². The van der Waals surface area contributed by atoms with Crippen molar-refractivity contribution in [3.05, 3.63) is 29.9 Å². The highest BCUT2D eigenvalue weighted by atomic mass is 19.1. The minimum absolute atomic E-state index is 0.0211. The van der Waals surface area contributed by atoms with Crippen LogP contribution in [0.25, 0.3) is 11.5 Å². The standard InChI is InChI=1S/C19H25FN4O3/c1-11(2)17(21)19(25)24-8-6-14(7-9-24)27-16-5-4-13(20)10-15(16)18-23-22-12(3)26-18/h4-5,10-11,14,17H,6-9,21H2,1-3H3/t17-/m0/s1. The lowest BCUT2D eigenvalue weighted by molar-refractivity contribution is -0.135. The number of aromatic nitrogens is 2. The molecule has 1 aromatic heterocycles.